The van der Waals surface area contributed by atoms with E-state index in [4.69, 9.17) is 10.5 Å². The summed E-state index contributed by atoms with van der Waals surface area (Å²) in [6, 6.07) is 7.55. The molecule has 0 saturated carbocycles. The molecule has 16 heavy (non-hydrogen) atoms. The van der Waals surface area contributed by atoms with E-state index in [0.29, 0.717) is 12.1 Å². The van der Waals surface area contributed by atoms with Crippen LogP contribution in [-0.2, 0) is 18.3 Å². The van der Waals surface area contributed by atoms with Crippen molar-refractivity contribution in [2.24, 2.45) is 12.8 Å². The summed E-state index contributed by atoms with van der Waals surface area (Å²) >= 11 is 0. The van der Waals surface area contributed by atoms with Crippen molar-refractivity contribution < 1.29 is 9.53 Å². The quantitative estimate of drug-likeness (QED) is 0.776. The van der Waals surface area contributed by atoms with Crippen molar-refractivity contribution in [2.45, 2.75) is 6.54 Å². The number of nitrogens with zero attached hydrogens (tertiary/aromatic N) is 1. The van der Waals surface area contributed by atoms with Crippen LogP contribution in [0, 0.1) is 0 Å². The van der Waals surface area contributed by atoms with Crippen LogP contribution < -0.4 is 5.73 Å². The Morgan fingerprint density at radius 3 is 2.88 bits per heavy atom. The lowest BCUT2D eigenvalue weighted by Gasteiger charge is -2.05. The molecule has 1 heterocycles. The predicted octanol–water partition coefficient (Wildman–Crippen LogP) is 1.42. The molecule has 4 heteroatoms. The van der Waals surface area contributed by atoms with Gasteiger partial charge < -0.3 is 15.0 Å². The minimum absolute atomic E-state index is 0.324. The minimum Gasteiger partial charge on any atom is -0.465 e. The van der Waals surface area contributed by atoms with Crippen molar-refractivity contribution in [3.05, 3.63) is 35.5 Å². The van der Waals surface area contributed by atoms with Crippen molar-refractivity contribution >= 4 is 16.9 Å². The lowest BCUT2D eigenvalue weighted by molar-refractivity contribution is 0.0602. The van der Waals surface area contributed by atoms with E-state index in [1.165, 1.54) is 7.11 Å². The molecule has 0 aliphatic rings. The molecule has 2 N–H and O–H groups in total. The molecule has 2 rings (SSSR count). The molecule has 0 fully saturated rings. The highest BCUT2D eigenvalue weighted by molar-refractivity contribution is 6.03. The summed E-state index contributed by atoms with van der Waals surface area (Å²) in [5, 5.41) is 1.01. The Kier molecular flexibility index (Phi) is 2.66. The summed E-state index contributed by atoms with van der Waals surface area (Å²) in [5.41, 5.74) is 8.07. The van der Waals surface area contributed by atoms with Crippen LogP contribution in [0.4, 0.5) is 0 Å². The van der Waals surface area contributed by atoms with E-state index in [9.17, 15) is 4.79 Å². The maximum absolute atomic E-state index is 11.6. The van der Waals surface area contributed by atoms with Gasteiger partial charge in [-0.25, -0.2) is 4.79 Å². The van der Waals surface area contributed by atoms with Crippen molar-refractivity contribution in [3.8, 4) is 0 Å². The fourth-order valence-corrected chi connectivity index (χ4v) is 1.94. The van der Waals surface area contributed by atoms with Gasteiger partial charge in [0, 0.05) is 24.7 Å². The average molecular weight is 218 g/mol. The van der Waals surface area contributed by atoms with Crippen LogP contribution in [0.5, 0.6) is 0 Å². The van der Waals surface area contributed by atoms with Gasteiger partial charge in [0.2, 0.25) is 0 Å². The monoisotopic (exact) mass is 218 g/mol. The molecule has 4 nitrogen and oxygen atoms in total. The van der Waals surface area contributed by atoms with Gasteiger partial charge in [-0.05, 0) is 12.1 Å². The summed E-state index contributed by atoms with van der Waals surface area (Å²) < 4.78 is 6.69. The van der Waals surface area contributed by atoms with Gasteiger partial charge in [0.05, 0.1) is 18.2 Å². The molecule has 0 amide bonds. The SMILES string of the molecule is COC(=O)c1cccc2cc(CN)n(C)c12. The Balaban J connectivity index is 2.75. The summed E-state index contributed by atoms with van der Waals surface area (Å²) in [4.78, 5) is 11.6. The number of benzene rings is 1. The summed E-state index contributed by atoms with van der Waals surface area (Å²) in [6.07, 6.45) is 0. The second kappa shape index (κ2) is 3.98. The predicted molar refractivity (Wildman–Crippen MR) is 62.1 cm³/mol. The molecule has 0 saturated heterocycles. The normalized spacial score (nSPS) is 10.7. The number of esters is 1. The van der Waals surface area contributed by atoms with Crippen LogP contribution in [0.15, 0.2) is 24.3 Å². The first-order valence-electron chi connectivity index (χ1n) is 5.04. The van der Waals surface area contributed by atoms with E-state index in [0.717, 1.165) is 16.6 Å². The Bertz CT molecular complexity index is 543. The maximum atomic E-state index is 11.6. The molecule has 0 aliphatic heterocycles. The molecule has 0 radical (unpaired) electrons. The molecule has 1 aromatic heterocycles. The highest BCUT2D eigenvalue weighted by Crippen LogP contribution is 2.22. The zero-order valence-electron chi connectivity index (χ0n) is 9.36. The van der Waals surface area contributed by atoms with E-state index in [-0.39, 0.29) is 5.97 Å². The smallest absolute Gasteiger partial charge is 0.340 e. The molecular formula is C12H14N2O2. The summed E-state index contributed by atoms with van der Waals surface area (Å²) in [5.74, 6) is -0.324. The van der Waals surface area contributed by atoms with Crippen molar-refractivity contribution in [3.63, 3.8) is 0 Å². The number of carbonyl (C=O) groups is 1. The third kappa shape index (κ3) is 1.47. The van der Waals surface area contributed by atoms with Gasteiger partial charge >= 0.3 is 5.97 Å². The van der Waals surface area contributed by atoms with Crippen LogP contribution >= 0.6 is 0 Å². The van der Waals surface area contributed by atoms with Gasteiger partial charge in [0.25, 0.3) is 0 Å². The van der Waals surface area contributed by atoms with Crippen molar-refractivity contribution in [2.75, 3.05) is 7.11 Å². The Morgan fingerprint density at radius 1 is 1.50 bits per heavy atom. The number of para-hydroxylation sites is 1. The van der Waals surface area contributed by atoms with E-state index >= 15 is 0 Å². The molecule has 2 aromatic rings. The van der Waals surface area contributed by atoms with E-state index in [2.05, 4.69) is 0 Å². The Morgan fingerprint density at radius 2 is 2.25 bits per heavy atom. The molecule has 0 aliphatic carbocycles. The largest absolute Gasteiger partial charge is 0.465 e. The lowest BCUT2D eigenvalue weighted by Crippen LogP contribution is -2.07. The zero-order valence-corrected chi connectivity index (χ0v) is 9.36. The van der Waals surface area contributed by atoms with Crippen molar-refractivity contribution in [1.29, 1.82) is 0 Å². The third-order valence-corrected chi connectivity index (χ3v) is 2.77. The summed E-state index contributed by atoms with van der Waals surface area (Å²) in [7, 11) is 3.28. The molecule has 0 bridgehead atoms. The van der Waals surface area contributed by atoms with E-state index in [1.54, 1.807) is 6.07 Å². The fraction of sp³-hybridized carbons (Fsp3) is 0.250. The highest BCUT2D eigenvalue weighted by Gasteiger charge is 2.14. The van der Waals surface area contributed by atoms with Gasteiger partial charge in [-0.15, -0.1) is 0 Å². The number of hydrogen-bond donors (Lipinski definition) is 1. The Labute approximate surface area is 93.6 Å². The van der Waals surface area contributed by atoms with Gasteiger partial charge in [0.15, 0.2) is 0 Å². The lowest BCUT2D eigenvalue weighted by atomic mass is 10.1. The number of ether oxygens (including phenoxy) is 1. The van der Waals surface area contributed by atoms with Crippen LogP contribution in [0.2, 0.25) is 0 Å². The number of rotatable bonds is 2. The number of nitrogens with two attached hydrogens (primary N) is 1. The molecule has 84 valence electrons. The highest BCUT2D eigenvalue weighted by atomic mass is 16.5. The third-order valence-electron chi connectivity index (χ3n) is 2.77. The number of carbonyl (C=O) groups excluding carboxylic acids is 1. The first kappa shape index (κ1) is 10.7. The first-order chi connectivity index (χ1) is 7.69. The molecule has 1 aromatic carbocycles. The van der Waals surface area contributed by atoms with Crippen LogP contribution in [0.1, 0.15) is 16.1 Å². The van der Waals surface area contributed by atoms with Crippen LogP contribution in [0.25, 0.3) is 10.9 Å². The topological polar surface area (TPSA) is 57.2 Å². The van der Waals surface area contributed by atoms with Crippen molar-refractivity contribution in [1.82, 2.24) is 4.57 Å². The fourth-order valence-electron chi connectivity index (χ4n) is 1.94. The number of hydrogen-bond acceptors (Lipinski definition) is 3. The standard InChI is InChI=1S/C12H14N2O2/c1-14-9(7-13)6-8-4-3-5-10(11(8)14)12(15)16-2/h3-6H,7,13H2,1-2H3. The van der Waals surface area contributed by atoms with E-state index in [1.807, 2.05) is 29.8 Å². The number of fused-ring (bicyclic) bond motifs is 1. The number of methoxy groups -OCH3 is 1. The van der Waals surface area contributed by atoms with Crippen LogP contribution in [0.3, 0.4) is 0 Å². The summed E-state index contributed by atoms with van der Waals surface area (Å²) in [6.45, 7) is 0.450. The number of aromatic nitrogens is 1. The molecule has 0 spiro atoms. The minimum atomic E-state index is -0.324. The number of aryl methyl sites for hydroxylation is 1. The molecular weight excluding hydrogens is 204 g/mol. The van der Waals surface area contributed by atoms with E-state index < -0.39 is 0 Å². The Hall–Kier alpha value is -1.81. The molecule has 0 unspecified atom stereocenters. The van der Waals surface area contributed by atoms with Gasteiger partial charge in [0.1, 0.15) is 0 Å². The van der Waals surface area contributed by atoms with Crippen LogP contribution in [-0.4, -0.2) is 17.6 Å². The van der Waals surface area contributed by atoms with Gasteiger partial charge in [-0.2, -0.15) is 0 Å². The second-order valence-corrected chi connectivity index (χ2v) is 3.63. The van der Waals surface area contributed by atoms with Gasteiger partial charge in [-0.1, -0.05) is 12.1 Å². The average Bonchev–Trinajstić information content (AvgIpc) is 2.65. The first-order valence-corrected chi connectivity index (χ1v) is 5.04. The maximum Gasteiger partial charge on any atom is 0.340 e. The van der Waals surface area contributed by atoms with Gasteiger partial charge in [-0.3, -0.25) is 0 Å². The zero-order chi connectivity index (χ0) is 11.7. The molecule has 0 atom stereocenters. The second-order valence-electron chi connectivity index (χ2n) is 3.63.